The third kappa shape index (κ3) is 4.47. The molecule has 1 saturated carbocycles. The molecule has 11 nitrogen and oxygen atoms in total. The van der Waals surface area contributed by atoms with Crippen LogP contribution in [-0.2, 0) is 14.8 Å². The van der Waals surface area contributed by atoms with E-state index >= 15 is 0 Å². The smallest absolute Gasteiger partial charge is 0.291 e. The molecule has 2 aliphatic rings. The lowest BCUT2D eigenvalue weighted by molar-refractivity contribution is -0.0420. The zero-order valence-corrected chi connectivity index (χ0v) is 20.1. The Bertz CT molecular complexity index is 1410. The first-order chi connectivity index (χ1) is 16.6. The van der Waals surface area contributed by atoms with E-state index in [1.807, 2.05) is 17.9 Å². The summed E-state index contributed by atoms with van der Waals surface area (Å²) in [7, 11) is -4.11. The molecule has 0 bridgehead atoms. The summed E-state index contributed by atoms with van der Waals surface area (Å²) in [5.74, 6) is 0. The number of hydrogen-bond acceptors (Lipinski definition) is 10. The summed E-state index contributed by atoms with van der Waals surface area (Å²) < 4.78 is 62.3. The molecule has 0 spiro atoms. The fourth-order valence-electron chi connectivity index (χ4n) is 4.05. The van der Waals surface area contributed by atoms with E-state index in [1.165, 1.54) is 23.0 Å². The molecule has 2 atom stereocenters. The van der Waals surface area contributed by atoms with Crippen molar-refractivity contribution in [2.45, 2.75) is 48.8 Å². The highest BCUT2D eigenvalue weighted by Gasteiger charge is 2.47. The largest absolute Gasteiger partial charge is 0.394 e. The second-order valence-electron chi connectivity index (χ2n) is 8.60. The summed E-state index contributed by atoms with van der Waals surface area (Å²) in [6.45, 7) is 2.32. The van der Waals surface area contributed by atoms with Crippen molar-refractivity contribution in [2.75, 3.05) is 24.6 Å². The van der Waals surface area contributed by atoms with E-state index in [4.69, 9.17) is 4.74 Å². The Balaban J connectivity index is 1.66. The summed E-state index contributed by atoms with van der Waals surface area (Å²) in [6, 6.07) is 4.85. The van der Waals surface area contributed by atoms with Crippen molar-refractivity contribution in [2.24, 2.45) is 0 Å². The predicted octanol–water partition coefficient (Wildman–Crippen LogP) is 1.74. The monoisotopic (exact) mass is 525 g/mol. The number of imidazole rings is 1. The molecule has 1 aromatic carbocycles. The fourth-order valence-corrected chi connectivity index (χ4v) is 6.15. The standard InChI is InChI=1S/C20H21F2N7O4S2/c1-11-6-28(7-12(8-30)33-11)14-4-13(35(31,32)27-20(9-23)2-3-20)5-15-16(14)24-10-29(15)19-26-25-18(34-19)17(21)22/h4-5,10-12,17,27,30H,2-3,6-8H2,1H3/t11-,12-/m1/s1. The number of alkyl halides is 2. The van der Waals surface area contributed by atoms with E-state index in [2.05, 4.69) is 19.9 Å². The van der Waals surface area contributed by atoms with Gasteiger partial charge in [-0.25, -0.2) is 22.2 Å². The Hall–Kier alpha value is -2.77. The number of rotatable bonds is 7. The molecule has 0 amide bonds. The number of nitriles is 1. The maximum atomic E-state index is 13.3. The topological polar surface area (TPSA) is 146 Å². The number of anilines is 1. The second-order valence-corrected chi connectivity index (χ2v) is 11.3. The molecule has 2 fully saturated rings. The Morgan fingerprint density at radius 3 is 2.77 bits per heavy atom. The lowest BCUT2D eigenvalue weighted by Gasteiger charge is -2.37. The molecule has 35 heavy (non-hydrogen) atoms. The number of aliphatic hydroxyl groups excluding tert-OH is 1. The molecule has 3 aromatic rings. The van der Waals surface area contributed by atoms with Crippen LogP contribution in [0.4, 0.5) is 14.5 Å². The first kappa shape index (κ1) is 23.9. The molecule has 2 aromatic heterocycles. The van der Waals surface area contributed by atoms with E-state index in [1.54, 1.807) is 0 Å². The maximum Gasteiger partial charge on any atom is 0.291 e. The highest BCUT2D eigenvalue weighted by atomic mass is 32.2. The van der Waals surface area contributed by atoms with Gasteiger partial charge in [0.25, 0.3) is 6.43 Å². The van der Waals surface area contributed by atoms with Crippen molar-refractivity contribution in [3.05, 3.63) is 23.5 Å². The van der Waals surface area contributed by atoms with Crippen molar-refractivity contribution < 1.29 is 27.0 Å². The van der Waals surface area contributed by atoms with Gasteiger partial charge >= 0.3 is 0 Å². The van der Waals surface area contributed by atoms with Crippen LogP contribution >= 0.6 is 11.3 Å². The fraction of sp³-hybridized carbons (Fsp3) is 0.500. The Morgan fingerprint density at radius 2 is 2.14 bits per heavy atom. The number of morpholine rings is 1. The van der Waals surface area contributed by atoms with E-state index in [9.17, 15) is 27.6 Å². The predicted molar refractivity (Wildman–Crippen MR) is 121 cm³/mol. The number of fused-ring (bicyclic) bond motifs is 1. The molecule has 3 heterocycles. The van der Waals surface area contributed by atoms with Crippen LogP contribution in [0.1, 0.15) is 31.2 Å². The van der Waals surface area contributed by atoms with Crippen molar-refractivity contribution in [3.63, 3.8) is 0 Å². The third-order valence-electron chi connectivity index (χ3n) is 5.90. The molecule has 0 radical (unpaired) electrons. The summed E-state index contributed by atoms with van der Waals surface area (Å²) in [4.78, 5) is 6.19. The molecule has 1 aliphatic carbocycles. The van der Waals surface area contributed by atoms with E-state index in [0.29, 0.717) is 47.4 Å². The summed E-state index contributed by atoms with van der Waals surface area (Å²) in [6.07, 6.45) is -1.33. The third-order valence-corrected chi connectivity index (χ3v) is 8.35. The molecule has 2 N–H and O–H groups in total. The Kier molecular flexibility index (Phi) is 5.96. The normalized spacial score (nSPS) is 22.0. The van der Waals surface area contributed by atoms with Crippen LogP contribution in [0.25, 0.3) is 16.2 Å². The van der Waals surface area contributed by atoms with Crippen LogP contribution in [-0.4, -0.2) is 70.7 Å². The minimum absolute atomic E-state index is 0.107. The van der Waals surface area contributed by atoms with Gasteiger partial charge in [0.15, 0.2) is 5.01 Å². The number of ether oxygens (including phenoxy) is 1. The average Bonchev–Trinajstić information content (AvgIpc) is 3.21. The van der Waals surface area contributed by atoms with Gasteiger partial charge in [0.1, 0.15) is 17.4 Å². The Morgan fingerprint density at radius 1 is 1.37 bits per heavy atom. The first-order valence-electron chi connectivity index (χ1n) is 10.7. The van der Waals surface area contributed by atoms with Crippen molar-refractivity contribution in [1.82, 2.24) is 24.5 Å². The van der Waals surface area contributed by atoms with Crippen molar-refractivity contribution in [1.29, 1.82) is 5.26 Å². The molecule has 0 unspecified atom stereocenters. The highest BCUT2D eigenvalue weighted by Crippen LogP contribution is 2.38. The lowest BCUT2D eigenvalue weighted by atomic mass is 10.1. The number of aliphatic hydroxyl groups is 1. The van der Waals surface area contributed by atoms with E-state index in [0.717, 1.165) is 0 Å². The van der Waals surface area contributed by atoms with Crippen molar-refractivity contribution in [3.8, 4) is 11.2 Å². The van der Waals surface area contributed by atoms with Crippen LogP contribution in [0.5, 0.6) is 0 Å². The van der Waals surface area contributed by atoms with Gasteiger partial charge in [-0.2, -0.15) is 9.98 Å². The van der Waals surface area contributed by atoms with Gasteiger partial charge in [-0.3, -0.25) is 4.57 Å². The molecular formula is C20H21F2N7O4S2. The van der Waals surface area contributed by atoms with Crippen LogP contribution in [0.2, 0.25) is 0 Å². The number of benzene rings is 1. The van der Waals surface area contributed by atoms with Gasteiger partial charge in [-0.1, -0.05) is 11.3 Å². The minimum atomic E-state index is -4.11. The number of sulfonamides is 1. The van der Waals surface area contributed by atoms with Gasteiger partial charge in [0.05, 0.1) is 41.0 Å². The molecule has 15 heteroatoms. The van der Waals surface area contributed by atoms with Gasteiger partial charge in [0, 0.05) is 13.1 Å². The highest BCUT2D eigenvalue weighted by molar-refractivity contribution is 7.89. The molecular weight excluding hydrogens is 504 g/mol. The molecule has 1 saturated heterocycles. The molecule has 1 aliphatic heterocycles. The number of aromatic nitrogens is 4. The first-order valence-corrected chi connectivity index (χ1v) is 13.0. The molecule has 5 rings (SSSR count). The van der Waals surface area contributed by atoms with Crippen LogP contribution in [0, 0.1) is 11.3 Å². The minimum Gasteiger partial charge on any atom is -0.394 e. The van der Waals surface area contributed by atoms with Crippen LogP contribution in [0.3, 0.4) is 0 Å². The summed E-state index contributed by atoms with van der Waals surface area (Å²) in [5, 5.41) is 26.0. The van der Waals surface area contributed by atoms with Crippen LogP contribution < -0.4 is 9.62 Å². The quantitative estimate of drug-likeness (QED) is 0.471. The maximum absolute atomic E-state index is 13.3. The zero-order chi connectivity index (χ0) is 25.0. The lowest BCUT2D eigenvalue weighted by Crippen LogP contribution is -2.48. The number of nitrogens with zero attached hydrogens (tertiary/aromatic N) is 6. The summed E-state index contributed by atoms with van der Waals surface area (Å²) in [5.41, 5.74) is 0.0802. The van der Waals surface area contributed by atoms with Crippen LogP contribution in [0.15, 0.2) is 23.4 Å². The van der Waals surface area contributed by atoms with Crippen molar-refractivity contribution >= 4 is 38.1 Å². The SMILES string of the molecule is C[C@@H]1CN(c2cc(S(=O)(=O)NC3(C#N)CC3)cc3c2ncn3-c2nnc(C(F)F)s2)C[C@H](CO)O1. The number of nitrogens with one attached hydrogen (secondary N) is 1. The number of halogens is 2. The second kappa shape index (κ2) is 8.71. The Labute approximate surface area is 203 Å². The molecule has 186 valence electrons. The number of hydrogen-bond donors (Lipinski definition) is 2. The van der Waals surface area contributed by atoms with Gasteiger partial charge < -0.3 is 14.7 Å². The summed E-state index contributed by atoms with van der Waals surface area (Å²) >= 11 is 0.672. The van der Waals surface area contributed by atoms with Gasteiger partial charge in [-0.15, -0.1) is 10.2 Å². The van der Waals surface area contributed by atoms with Gasteiger partial charge in [0.2, 0.25) is 15.2 Å². The average molecular weight is 526 g/mol. The zero-order valence-electron chi connectivity index (χ0n) is 18.4. The van der Waals surface area contributed by atoms with E-state index in [-0.39, 0.29) is 29.3 Å². The van der Waals surface area contributed by atoms with E-state index < -0.39 is 33.1 Å². The van der Waals surface area contributed by atoms with Gasteiger partial charge in [-0.05, 0) is 31.9 Å².